The second-order valence-electron chi connectivity index (χ2n) is 4.37. The molecular formula is C17H17NO4. The SMILES string of the molecule is COC=C(C(=O)OC)c1ccccc1COc1ccccn1. The summed E-state index contributed by atoms with van der Waals surface area (Å²) in [6.07, 6.45) is 3.03. The smallest absolute Gasteiger partial charge is 0.341 e. The summed E-state index contributed by atoms with van der Waals surface area (Å²) in [7, 11) is 2.81. The molecule has 0 radical (unpaired) electrons. The van der Waals surface area contributed by atoms with Crippen LogP contribution in [0.25, 0.3) is 5.57 Å². The summed E-state index contributed by atoms with van der Waals surface area (Å²) in [6.45, 7) is 0.283. The lowest BCUT2D eigenvalue weighted by Gasteiger charge is -2.12. The molecular weight excluding hydrogens is 282 g/mol. The summed E-state index contributed by atoms with van der Waals surface area (Å²) in [4.78, 5) is 16.0. The lowest BCUT2D eigenvalue weighted by atomic mass is 10.0. The molecule has 114 valence electrons. The highest BCUT2D eigenvalue weighted by molar-refractivity contribution is 6.16. The Labute approximate surface area is 129 Å². The summed E-state index contributed by atoms with van der Waals surface area (Å²) >= 11 is 0. The number of carbonyl (C=O) groups excluding carboxylic acids is 1. The van der Waals surface area contributed by atoms with Crippen molar-refractivity contribution in [2.24, 2.45) is 0 Å². The number of aromatic nitrogens is 1. The summed E-state index contributed by atoms with van der Waals surface area (Å²) in [5.74, 6) is 0.0554. The van der Waals surface area contributed by atoms with Crippen LogP contribution in [0.1, 0.15) is 11.1 Å². The second-order valence-corrected chi connectivity index (χ2v) is 4.37. The van der Waals surface area contributed by atoms with Crippen LogP contribution in [0.5, 0.6) is 5.88 Å². The molecule has 0 atom stereocenters. The molecule has 22 heavy (non-hydrogen) atoms. The number of nitrogens with zero attached hydrogens (tertiary/aromatic N) is 1. The van der Waals surface area contributed by atoms with Gasteiger partial charge < -0.3 is 14.2 Å². The molecule has 0 unspecified atom stereocenters. The zero-order chi connectivity index (χ0) is 15.8. The largest absolute Gasteiger partial charge is 0.503 e. The first-order valence-electron chi connectivity index (χ1n) is 6.69. The first-order valence-corrected chi connectivity index (χ1v) is 6.69. The number of hydrogen-bond donors (Lipinski definition) is 0. The minimum absolute atomic E-state index is 0.283. The zero-order valence-corrected chi connectivity index (χ0v) is 12.5. The van der Waals surface area contributed by atoms with E-state index in [9.17, 15) is 4.79 Å². The first kappa shape index (κ1) is 15.6. The Kier molecular flexibility index (Phi) is 5.54. The minimum atomic E-state index is -0.466. The second kappa shape index (κ2) is 7.83. The summed E-state index contributed by atoms with van der Waals surface area (Å²) in [5, 5.41) is 0. The van der Waals surface area contributed by atoms with Gasteiger partial charge in [-0.15, -0.1) is 0 Å². The van der Waals surface area contributed by atoms with Crippen LogP contribution in [0, 0.1) is 0 Å². The molecule has 2 aromatic rings. The fourth-order valence-electron chi connectivity index (χ4n) is 1.94. The standard InChI is InChI=1S/C17H17NO4/c1-20-12-15(17(19)21-2)14-8-4-3-7-13(14)11-22-16-9-5-6-10-18-16/h3-10,12H,11H2,1-2H3. The van der Waals surface area contributed by atoms with Gasteiger partial charge in [0.1, 0.15) is 12.2 Å². The van der Waals surface area contributed by atoms with Crippen molar-refractivity contribution in [3.05, 3.63) is 66.1 Å². The Balaban J connectivity index is 2.26. The van der Waals surface area contributed by atoms with Gasteiger partial charge in [-0.25, -0.2) is 9.78 Å². The Morgan fingerprint density at radius 2 is 1.91 bits per heavy atom. The highest BCUT2D eigenvalue weighted by Gasteiger charge is 2.16. The van der Waals surface area contributed by atoms with E-state index in [1.54, 1.807) is 12.3 Å². The van der Waals surface area contributed by atoms with Crippen molar-refractivity contribution in [3.63, 3.8) is 0 Å². The van der Waals surface area contributed by atoms with E-state index in [-0.39, 0.29) is 6.61 Å². The number of carbonyl (C=O) groups is 1. The van der Waals surface area contributed by atoms with Crippen molar-refractivity contribution < 1.29 is 19.0 Å². The summed E-state index contributed by atoms with van der Waals surface area (Å²) in [6, 6.07) is 12.9. The Bertz CT molecular complexity index is 653. The van der Waals surface area contributed by atoms with Crippen molar-refractivity contribution in [1.82, 2.24) is 4.98 Å². The van der Waals surface area contributed by atoms with Crippen LogP contribution in [0.15, 0.2) is 54.9 Å². The molecule has 0 bridgehead atoms. The van der Waals surface area contributed by atoms with Crippen LogP contribution in [-0.2, 0) is 20.9 Å². The molecule has 0 fully saturated rings. The van der Waals surface area contributed by atoms with E-state index in [1.807, 2.05) is 36.4 Å². The van der Waals surface area contributed by atoms with Crippen LogP contribution < -0.4 is 4.74 Å². The zero-order valence-electron chi connectivity index (χ0n) is 12.5. The van der Waals surface area contributed by atoms with E-state index in [4.69, 9.17) is 14.2 Å². The monoisotopic (exact) mass is 299 g/mol. The van der Waals surface area contributed by atoms with Crippen molar-refractivity contribution in [1.29, 1.82) is 0 Å². The molecule has 0 saturated heterocycles. The third-order valence-corrected chi connectivity index (χ3v) is 2.96. The number of methoxy groups -OCH3 is 2. The van der Waals surface area contributed by atoms with Gasteiger partial charge in [0.15, 0.2) is 0 Å². The van der Waals surface area contributed by atoms with E-state index < -0.39 is 5.97 Å². The average Bonchev–Trinajstić information content (AvgIpc) is 2.58. The fourth-order valence-corrected chi connectivity index (χ4v) is 1.94. The first-order chi connectivity index (χ1) is 10.8. The predicted octanol–water partition coefficient (Wildman–Crippen LogP) is 2.82. The van der Waals surface area contributed by atoms with Gasteiger partial charge in [0.25, 0.3) is 0 Å². The molecule has 0 spiro atoms. The number of pyridine rings is 1. The lowest BCUT2D eigenvalue weighted by Crippen LogP contribution is -2.08. The van der Waals surface area contributed by atoms with E-state index in [2.05, 4.69) is 4.98 Å². The Morgan fingerprint density at radius 1 is 1.14 bits per heavy atom. The molecule has 2 rings (SSSR count). The number of benzene rings is 1. The maximum Gasteiger partial charge on any atom is 0.341 e. The van der Waals surface area contributed by atoms with Gasteiger partial charge in [-0.05, 0) is 17.2 Å². The molecule has 1 heterocycles. The van der Waals surface area contributed by atoms with Gasteiger partial charge in [0.05, 0.1) is 20.5 Å². The third-order valence-electron chi connectivity index (χ3n) is 2.96. The van der Waals surface area contributed by atoms with E-state index >= 15 is 0 Å². The fraction of sp³-hybridized carbons (Fsp3) is 0.176. The van der Waals surface area contributed by atoms with Gasteiger partial charge in [0, 0.05) is 12.3 Å². The molecule has 5 heteroatoms. The van der Waals surface area contributed by atoms with Crippen molar-refractivity contribution in [3.8, 4) is 5.88 Å². The number of ether oxygens (including phenoxy) is 3. The average molecular weight is 299 g/mol. The number of rotatable bonds is 6. The quantitative estimate of drug-likeness (QED) is 0.466. The van der Waals surface area contributed by atoms with Crippen molar-refractivity contribution >= 4 is 11.5 Å². The molecule has 5 nitrogen and oxygen atoms in total. The molecule has 0 aliphatic rings. The molecule has 0 N–H and O–H groups in total. The topological polar surface area (TPSA) is 57.7 Å². The molecule has 1 aromatic heterocycles. The highest BCUT2D eigenvalue weighted by Crippen LogP contribution is 2.22. The minimum Gasteiger partial charge on any atom is -0.503 e. The Morgan fingerprint density at radius 3 is 2.59 bits per heavy atom. The van der Waals surface area contributed by atoms with Crippen LogP contribution >= 0.6 is 0 Å². The Hall–Kier alpha value is -2.82. The molecule has 0 aliphatic heterocycles. The normalized spacial score (nSPS) is 10.9. The molecule has 1 aromatic carbocycles. The third kappa shape index (κ3) is 3.85. The van der Waals surface area contributed by atoms with Gasteiger partial charge >= 0.3 is 5.97 Å². The molecule has 0 saturated carbocycles. The lowest BCUT2D eigenvalue weighted by molar-refractivity contribution is -0.133. The van der Waals surface area contributed by atoms with Gasteiger partial charge in [-0.3, -0.25) is 0 Å². The van der Waals surface area contributed by atoms with Crippen LogP contribution in [-0.4, -0.2) is 25.2 Å². The number of esters is 1. The van der Waals surface area contributed by atoms with E-state index in [1.165, 1.54) is 20.5 Å². The van der Waals surface area contributed by atoms with Crippen molar-refractivity contribution in [2.75, 3.05) is 14.2 Å². The number of hydrogen-bond acceptors (Lipinski definition) is 5. The van der Waals surface area contributed by atoms with Crippen LogP contribution in [0.2, 0.25) is 0 Å². The van der Waals surface area contributed by atoms with E-state index in [0.29, 0.717) is 17.0 Å². The molecule has 0 amide bonds. The van der Waals surface area contributed by atoms with Gasteiger partial charge in [-0.1, -0.05) is 30.3 Å². The summed E-state index contributed by atoms with van der Waals surface area (Å²) < 4.78 is 15.4. The maximum absolute atomic E-state index is 11.9. The predicted molar refractivity (Wildman–Crippen MR) is 82.0 cm³/mol. The van der Waals surface area contributed by atoms with E-state index in [0.717, 1.165) is 5.56 Å². The van der Waals surface area contributed by atoms with Gasteiger partial charge in [0.2, 0.25) is 5.88 Å². The van der Waals surface area contributed by atoms with Crippen LogP contribution in [0.3, 0.4) is 0 Å². The maximum atomic E-state index is 11.9. The van der Waals surface area contributed by atoms with Gasteiger partial charge in [-0.2, -0.15) is 0 Å². The molecule has 0 aliphatic carbocycles. The highest BCUT2D eigenvalue weighted by atomic mass is 16.5. The summed E-state index contributed by atoms with van der Waals surface area (Å²) in [5.41, 5.74) is 1.87. The van der Waals surface area contributed by atoms with Crippen LogP contribution in [0.4, 0.5) is 0 Å². The van der Waals surface area contributed by atoms with Crippen molar-refractivity contribution in [2.45, 2.75) is 6.61 Å².